The van der Waals surface area contributed by atoms with Crippen LogP contribution in [0.1, 0.15) is 36.0 Å². The van der Waals surface area contributed by atoms with E-state index >= 15 is 0 Å². The number of morpholine rings is 1. The Morgan fingerprint density at radius 1 is 1.30 bits per heavy atom. The zero-order valence-electron chi connectivity index (χ0n) is 13.0. The van der Waals surface area contributed by atoms with Gasteiger partial charge in [0, 0.05) is 12.1 Å². The Labute approximate surface area is 135 Å². The average molecular weight is 319 g/mol. The maximum atomic E-state index is 12.7. The SMILES string of the molecule is O=C(O)COc1cccc(C(=O)N2CCOC3(CCCC3)C2)c1. The fraction of sp³-hybridized carbons (Fsp3) is 0.529. The van der Waals surface area contributed by atoms with Crippen LogP contribution in [0.25, 0.3) is 0 Å². The van der Waals surface area contributed by atoms with Gasteiger partial charge < -0.3 is 19.5 Å². The van der Waals surface area contributed by atoms with Gasteiger partial charge in [0.25, 0.3) is 5.91 Å². The molecule has 1 aliphatic carbocycles. The highest BCUT2D eigenvalue weighted by molar-refractivity contribution is 5.94. The van der Waals surface area contributed by atoms with Gasteiger partial charge in [0.2, 0.25) is 0 Å². The first-order chi connectivity index (χ1) is 11.1. The fourth-order valence-electron chi connectivity index (χ4n) is 3.39. The molecule has 1 amide bonds. The Kier molecular flexibility index (Phi) is 4.52. The molecule has 0 atom stereocenters. The molecule has 2 aliphatic rings. The Balaban J connectivity index is 1.69. The van der Waals surface area contributed by atoms with Crippen molar-refractivity contribution in [3.05, 3.63) is 29.8 Å². The molecule has 1 saturated carbocycles. The van der Waals surface area contributed by atoms with E-state index in [0.717, 1.165) is 25.7 Å². The number of ether oxygens (including phenoxy) is 2. The highest BCUT2D eigenvalue weighted by atomic mass is 16.5. The molecule has 0 aromatic heterocycles. The summed E-state index contributed by atoms with van der Waals surface area (Å²) in [6.07, 6.45) is 4.33. The van der Waals surface area contributed by atoms with Crippen molar-refractivity contribution >= 4 is 11.9 Å². The molecule has 0 radical (unpaired) electrons. The molecular weight excluding hydrogens is 298 g/mol. The Morgan fingerprint density at radius 3 is 2.83 bits per heavy atom. The molecule has 1 spiro atoms. The van der Waals surface area contributed by atoms with Gasteiger partial charge >= 0.3 is 5.97 Å². The summed E-state index contributed by atoms with van der Waals surface area (Å²) >= 11 is 0. The zero-order chi connectivity index (χ0) is 16.3. The number of carbonyl (C=O) groups is 2. The predicted octanol–water partition coefficient (Wildman–Crippen LogP) is 1.94. The van der Waals surface area contributed by atoms with Crippen molar-refractivity contribution in [2.24, 2.45) is 0 Å². The minimum atomic E-state index is -1.04. The first-order valence-electron chi connectivity index (χ1n) is 7.96. The third kappa shape index (κ3) is 3.64. The molecule has 0 bridgehead atoms. The van der Waals surface area contributed by atoms with Crippen molar-refractivity contribution in [2.75, 3.05) is 26.3 Å². The molecule has 1 aromatic rings. The molecule has 23 heavy (non-hydrogen) atoms. The lowest BCUT2D eigenvalue weighted by atomic mass is 9.99. The number of hydrogen-bond acceptors (Lipinski definition) is 4. The van der Waals surface area contributed by atoms with Crippen LogP contribution in [0.5, 0.6) is 5.75 Å². The summed E-state index contributed by atoms with van der Waals surface area (Å²) in [5, 5.41) is 8.66. The minimum Gasteiger partial charge on any atom is -0.482 e. The van der Waals surface area contributed by atoms with Crippen LogP contribution in [0.4, 0.5) is 0 Å². The van der Waals surface area contributed by atoms with Crippen molar-refractivity contribution in [1.29, 1.82) is 0 Å². The van der Waals surface area contributed by atoms with E-state index in [-0.39, 0.29) is 11.5 Å². The maximum absolute atomic E-state index is 12.7. The molecule has 6 nitrogen and oxygen atoms in total. The summed E-state index contributed by atoms with van der Waals surface area (Å²) in [7, 11) is 0. The summed E-state index contributed by atoms with van der Waals surface area (Å²) in [5.74, 6) is -0.708. The van der Waals surface area contributed by atoms with Crippen molar-refractivity contribution in [2.45, 2.75) is 31.3 Å². The number of hydrogen-bond donors (Lipinski definition) is 1. The van der Waals surface area contributed by atoms with Gasteiger partial charge in [0.1, 0.15) is 5.75 Å². The second-order valence-corrected chi connectivity index (χ2v) is 6.18. The molecule has 1 aromatic carbocycles. The molecule has 124 valence electrons. The molecule has 1 saturated heterocycles. The van der Waals surface area contributed by atoms with Crippen LogP contribution in [0, 0.1) is 0 Å². The van der Waals surface area contributed by atoms with Gasteiger partial charge in [-0.2, -0.15) is 0 Å². The lowest BCUT2D eigenvalue weighted by molar-refractivity contribution is -0.139. The second kappa shape index (κ2) is 6.58. The van der Waals surface area contributed by atoms with E-state index in [9.17, 15) is 9.59 Å². The summed E-state index contributed by atoms with van der Waals surface area (Å²) < 4.78 is 11.1. The number of rotatable bonds is 4. The van der Waals surface area contributed by atoms with Gasteiger partial charge in [0.15, 0.2) is 6.61 Å². The van der Waals surface area contributed by atoms with Crippen LogP contribution < -0.4 is 4.74 Å². The monoisotopic (exact) mass is 319 g/mol. The third-order valence-corrected chi connectivity index (χ3v) is 4.49. The molecule has 0 unspecified atom stereocenters. The Hall–Kier alpha value is -2.08. The quantitative estimate of drug-likeness (QED) is 0.918. The van der Waals surface area contributed by atoms with Gasteiger partial charge in [-0.3, -0.25) is 4.79 Å². The van der Waals surface area contributed by atoms with Crippen LogP contribution in [-0.2, 0) is 9.53 Å². The average Bonchev–Trinajstić information content (AvgIpc) is 3.00. The fourth-order valence-corrected chi connectivity index (χ4v) is 3.39. The molecule has 6 heteroatoms. The van der Waals surface area contributed by atoms with Crippen molar-refractivity contribution in [3.63, 3.8) is 0 Å². The Morgan fingerprint density at radius 2 is 2.09 bits per heavy atom. The van der Waals surface area contributed by atoms with Crippen LogP contribution in [-0.4, -0.2) is 53.8 Å². The van der Waals surface area contributed by atoms with Crippen molar-refractivity contribution in [3.8, 4) is 5.75 Å². The topological polar surface area (TPSA) is 76.1 Å². The molecule has 2 fully saturated rings. The summed E-state index contributed by atoms with van der Waals surface area (Å²) in [6.45, 7) is 1.37. The third-order valence-electron chi connectivity index (χ3n) is 4.49. The smallest absolute Gasteiger partial charge is 0.341 e. The lowest BCUT2D eigenvalue weighted by Crippen LogP contribution is -2.52. The molecule has 1 N–H and O–H groups in total. The standard InChI is InChI=1S/C17H21NO5/c19-15(20)11-22-14-5-3-4-13(10-14)16(21)18-8-9-23-17(12-18)6-1-2-7-17/h3-5,10H,1-2,6-9,11-12H2,(H,19,20). The van der Waals surface area contributed by atoms with Crippen LogP contribution in [0.3, 0.4) is 0 Å². The highest BCUT2D eigenvalue weighted by Crippen LogP contribution is 2.36. The van der Waals surface area contributed by atoms with Crippen molar-refractivity contribution in [1.82, 2.24) is 4.90 Å². The van der Waals surface area contributed by atoms with Crippen LogP contribution in [0.15, 0.2) is 24.3 Å². The number of carboxylic acid groups (broad SMARTS) is 1. The predicted molar refractivity (Wildman–Crippen MR) is 82.6 cm³/mol. The molecule has 1 aliphatic heterocycles. The minimum absolute atomic E-state index is 0.0552. The number of carbonyl (C=O) groups excluding carboxylic acids is 1. The number of aliphatic carboxylic acids is 1. The van der Waals surface area contributed by atoms with E-state index in [1.807, 2.05) is 4.90 Å². The summed E-state index contributed by atoms with van der Waals surface area (Å²) in [5.41, 5.74) is 0.355. The first kappa shape index (κ1) is 15.8. The van der Waals surface area contributed by atoms with E-state index in [1.54, 1.807) is 24.3 Å². The van der Waals surface area contributed by atoms with Crippen LogP contribution >= 0.6 is 0 Å². The van der Waals surface area contributed by atoms with E-state index in [0.29, 0.717) is 31.0 Å². The summed E-state index contributed by atoms with van der Waals surface area (Å²) in [6, 6.07) is 6.68. The molecular formula is C17H21NO5. The van der Waals surface area contributed by atoms with E-state index in [2.05, 4.69) is 0 Å². The van der Waals surface area contributed by atoms with Gasteiger partial charge in [-0.15, -0.1) is 0 Å². The maximum Gasteiger partial charge on any atom is 0.341 e. The first-order valence-corrected chi connectivity index (χ1v) is 7.96. The van der Waals surface area contributed by atoms with Gasteiger partial charge in [0.05, 0.1) is 18.8 Å². The van der Waals surface area contributed by atoms with E-state index in [1.165, 1.54) is 0 Å². The second-order valence-electron chi connectivity index (χ2n) is 6.18. The normalized spacial score (nSPS) is 19.7. The van der Waals surface area contributed by atoms with E-state index in [4.69, 9.17) is 14.6 Å². The zero-order valence-corrected chi connectivity index (χ0v) is 13.0. The molecule has 1 heterocycles. The molecule has 3 rings (SSSR count). The van der Waals surface area contributed by atoms with Gasteiger partial charge in [-0.25, -0.2) is 4.79 Å². The van der Waals surface area contributed by atoms with Crippen LogP contribution in [0.2, 0.25) is 0 Å². The lowest BCUT2D eigenvalue weighted by Gasteiger charge is -2.40. The van der Waals surface area contributed by atoms with E-state index < -0.39 is 12.6 Å². The largest absolute Gasteiger partial charge is 0.482 e. The Bertz CT molecular complexity index is 594. The number of carboxylic acids is 1. The highest BCUT2D eigenvalue weighted by Gasteiger charge is 2.40. The van der Waals surface area contributed by atoms with Crippen molar-refractivity contribution < 1.29 is 24.2 Å². The summed E-state index contributed by atoms with van der Waals surface area (Å²) in [4.78, 5) is 25.1. The van der Waals surface area contributed by atoms with Gasteiger partial charge in [-0.05, 0) is 31.0 Å². The number of benzene rings is 1. The number of nitrogens with zero attached hydrogens (tertiary/aromatic N) is 1. The number of amides is 1. The van der Waals surface area contributed by atoms with Gasteiger partial charge in [-0.1, -0.05) is 18.9 Å².